The maximum atomic E-state index is 5.62. The van der Waals surface area contributed by atoms with Gasteiger partial charge in [0.15, 0.2) is 12.0 Å². The van der Waals surface area contributed by atoms with Crippen LogP contribution in [0.2, 0.25) is 0 Å². The van der Waals surface area contributed by atoms with E-state index in [0.29, 0.717) is 5.69 Å². The van der Waals surface area contributed by atoms with Crippen LogP contribution in [0.4, 0.5) is 11.5 Å². The van der Waals surface area contributed by atoms with E-state index < -0.39 is 0 Å². The normalized spacial score (nSPS) is 9.71. The lowest BCUT2D eigenvalue weighted by Gasteiger charge is -1.98. The van der Waals surface area contributed by atoms with Crippen molar-refractivity contribution in [1.82, 2.24) is 9.97 Å². The molecule has 0 aliphatic heterocycles. The van der Waals surface area contributed by atoms with Crippen LogP contribution in [0.3, 0.4) is 0 Å². The lowest BCUT2D eigenvalue weighted by molar-refractivity contribution is -0.642. The van der Waals surface area contributed by atoms with Crippen molar-refractivity contribution >= 4 is 11.5 Å². The number of hydrogen-bond donors (Lipinski definition) is 2. The number of anilines is 2. The molecule has 14 heavy (non-hydrogen) atoms. The van der Waals surface area contributed by atoms with Crippen LogP contribution in [-0.4, -0.2) is 9.97 Å². The van der Waals surface area contributed by atoms with Gasteiger partial charge in [-0.2, -0.15) is 0 Å². The van der Waals surface area contributed by atoms with Crippen LogP contribution in [-0.2, 0) is 0 Å². The highest BCUT2D eigenvalue weighted by molar-refractivity contribution is 5.32. The van der Waals surface area contributed by atoms with E-state index in [4.69, 9.17) is 5.73 Å². The molecule has 2 aromatic rings. The number of pyridine rings is 1. The van der Waals surface area contributed by atoms with E-state index >= 15 is 0 Å². The SMILES string of the molecule is Nc1ccc[n+](Nc2ccncn2)c1. The summed E-state index contributed by atoms with van der Waals surface area (Å²) in [4.78, 5) is 7.84. The van der Waals surface area contributed by atoms with Gasteiger partial charge >= 0.3 is 0 Å². The molecule has 0 amide bonds. The monoisotopic (exact) mass is 188 g/mol. The van der Waals surface area contributed by atoms with Crippen molar-refractivity contribution in [3.8, 4) is 0 Å². The molecule has 0 unspecified atom stereocenters. The molecule has 70 valence electrons. The molecule has 0 atom stereocenters. The van der Waals surface area contributed by atoms with Crippen LogP contribution in [0.5, 0.6) is 0 Å². The predicted molar refractivity (Wildman–Crippen MR) is 52.1 cm³/mol. The maximum Gasteiger partial charge on any atom is 0.222 e. The first kappa shape index (κ1) is 8.43. The second kappa shape index (κ2) is 3.69. The van der Waals surface area contributed by atoms with E-state index in [1.54, 1.807) is 23.1 Å². The Morgan fingerprint density at radius 3 is 3.00 bits per heavy atom. The molecule has 3 N–H and O–H groups in total. The number of nitrogens with zero attached hydrogens (tertiary/aromatic N) is 3. The molecule has 0 aromatic carbocycles. The molecule has 0 fully saturated rings. The Morgan fingerprint density at radius 2 is 2.29 bits per heavy atom. The summed E-state index contributed by atoms with van der Waals surface area (Å²) in [5.74, 6) is 0.718. The molecule has 2 rings (SSSR count). The van der Waals surface area contributed by atoms with Gasteiger partial charge in [-0.15, -0.1) is 5.43 Å². The fraction of sp³-hybridized carbons (Fsp3) is 0. The number of nitrogens with one attached hydrogen (secondary N) is 1. The summed E-state index contributed by atoms with van der Waals surface area (Å²) in [6, 6.07) is 5.44. The largest absolute Gasteiger partial charge is 0.394 e. The zero-order chi connectivity index (χ0) is 9.80. The number of nitrogen functional groups attached to an aromatic ring is 1. The first-order valence-corrected chi connectivity index (χ1v) is 4.14. The van der Waals surface area contributed by atoms with Gasteiger partial charge in [0.1, 0.15) is 6.33 Å². The van der Waals surface area contributed by atoms with Crippen LogP contribution in [0.15, 0.2) is 43.1 Å². The summed E-state index contributed by atoms with van der Waals surface area (Å²) in [6.45, 7) is 0. The molecule has 0 radical (unpaired) electrons. The smallest absolute Gasteiger partial charge is 0.222 e. The second-order valence-corrected chi connectivity index (χ2v) is 2.75. The Morgan fingerprint density at radius 1 is 1.36 bits per heavy atom. The number of hydrogen-bond acceptors (Lipinski definition) is 4. The molecule has 2 heterocycles. The van der Waals surface area contributed by atoms with Crippen molar-refractivity contribution in [1.29, 1.82) is 0 Å². The Balaban J connectivity index is 2.19. The Kier molecular flexibility index (Phi) is 2.22. The summed E-state index contributed by atoms with van der Waals surface area (Å²) in [5, 5.41) is 0. The Labute approximate surface area is 81.2 Å². The van der Waals surface area contributed by atoms with Gasteiger partial charge < -0.3 is 5.73 Å². The predicted octanol–water partition coefficient (Wildman–Crippen LogP) is 0.221. The molecule has 0 spiro atoms. The van der Waals surface area contributed by atoms with Crippen LogP contribution in [0, 0.1) is 0 Å². The minimum absolute atomic E-state index is 0.689. The van der Waals surface area contributed by atoms with Crippen LogP contribution in [0.25, 0.3) is 0 Å². The minimum Gasteiger partial charge on any atom is -0.394 e. The highest BCUT2D eigenvalue weighted by Crippen LogP contribution is 1.97. The van der Waals surface area contributed by atoms with Crippen LogP contribution >= 0.6 is 0 Å². The summed E-state index contributed by atoms with van der Waals surface area (Å²) in [6.07, 6.45) is 6.76. The first-order chi connectivity index (χ1) is 6.84. The van der Waals surface area contributed by atoms with Crippen molar-refractivity contribution in [3.63, 3.8) is 0 Å². The molecule has 5 nitrogen and oxygen atoms in total. The molecular weight excluding hydrogens is 178 g/mol. The third-order valence-electron chi connectivity index (χ3n) is 1.65. The molecule has 0 saturated carbocycles. The van der Waals surface area contributed by atoms with E-state index in [-0.39, 0.29) is 0 Å². The van der Waals surface area contributed by atoms with Crippen molar-refractivity contribution in [2.75, 3.05) is 11.2 Å². The number of aromatic nitrogens is 3. The molecular formula is C9H10N5+. The van der Waals surface area contributed by atoms with E-state index in [2.05, 4.69) is 15.4 Å². The molecule has 0 aliphatic rings. The van der Waals surface area contributed by atoms with E-state index in [1.807, 2.05) is 18.3 Å². The van der Waals surface area contributed by atoms with Crippen molar-refractivity contribution in [2.45, 2.75) is 0 Å². The van der Waals surface area contributed by atoms with Gasteiger partial charge in [0, 0.05) is 18.3 Å². The quantitative estimate of drug-likeness (QED) is 0.662. The number of nitrogens with two attached hydrogens (primary N) is 1. The fourth-order valence-electron chi connectivity index (χ4n) is 1.05. The third-order valence-corrected chi connectivity index (χ3v) is 1.65. The number of rotatable bonds is 2. The third kappa shape index (κ3) is 1.95. The Hall–Kier alpha value is -2.17. The summed E-state index contributed by atoms with van der Waals surface area (Å²) >= 11 is 0. The molecule has 0 bridgehead atoms. The maximum absolute atomic E-state index is 5.62. The first-order valence-electron chi connectivity index (χ1n) is 4.14. The van der Waals surface area contributed by atoms with Crippen LogP contribution in [0.1, 0.15) is 0 Å². The van der Waals surface area contributed by atoms with Crippen molar-refractivity contribution in [2.24, 2.45) is 0 Å². The highest BCUT2D eigenvalue weighted by atomic mass is 15.4. The minimum atomic E-state index is 0.689. The average Bonchev–Trinajstić information content (AvgIpc) is 2.19. The fourth-order valence-corrected chi connectivity index (χ4v) is 1.05. The standard InChI is InChI=1S/C9H10N5/c10-8-2-1-5-14(6-8)13-9-3-4-11-7-12-9/h1-7H,10H2,(H,11,12,13)/q+1. The second-order valence-electron chi connectivity index (χ2n) is 2.75. The summed E-state index contributed by atoms with van der Waals surface area (Å²) in [7, 11) is 0. The van der Waals surface area contributed by atoms with Gasteiger partial charge in [-0.05, 0) is 6.07 Å². The molecule has 0 saturated heterocycles. The zero-order valence-corrected chi connectivity index (χ0v) is 7.46. The van der Waals surface area contributed by atoms with Gasteiger partial charge in [0.2, 0.25) is 6.20 Å². The van der Waals surface area contributed by atoms with Crippen molar-refractivity contribution in [3.05, 3.63) is 43.1 Å². The van der Waals surface area contributed by atoms with E-state index in [1.165, 1.54) is 6.33 Å². The van der Waals surface area contributed by atoms with E-state index in [0.717, 1.165) is 5.82 Å². The highest BCUT2D eigenvalue weighted by Gasteiger charge is 2.00. The average molecular weight is 188 g/mol. The lowest BCUT2D eigenvalue weighted by atomic mass is 10.4. The van der Waals surface area contributed by atoms with Gasteiger partial charge in [0.25, 0.3) is 0 Å². The van der Waals surface area contributed by atoms with Crippen LogP contribution < -0.4 is 15.8 Å². The molecule has 0 aliphatic carbocycles. The van der Waals surface area contributed by atoms with Gasteiger partial charge in [-0.25, -0.2) is 9.97 Å². The molecule has 5 heteroatoms. The molecule has 2 aromatic heterocycles. The topological polar surface area (TPSA) is 67.7 Å². The summed E-state index contributed by atoms with van der Waals surface area (Å²) in [5.41, 5.74) is 9.34. The van der Waals surface area contributed by atoms with E-state index in [9.17, 15) is 0 Å². The van der Waals surface area contributed by atoms with Gasteiger partial charge in [-0.1, -0.05) is 4.68 Å². The lowest BCUT2D eigenvalue weighted by Crippen LogP contribution is -2.41. The van der Waals surface area contributed by atoms with Gasteiger partial charge in [0.05, 0.1) is 5.69 Å². The Bertz CT molecular complexity index is 415. The van der Waals surface area contributed by atoms with Gasteiger partial charge in [-0.3, -0.25) is 0 Å². The summed E-state index contributed by atoms with van der Waals surface area (Å²) < 4.78 is 1.73. The van der Waals surface area contributed by atoms with Crippen molar-refractivity contribution < 1.29 is 4.68 Å². The zero-order valence-electron chi connectivity index (χ0n) is 7.46.